The van der Waals surface area contributed by atoms with E-state index in [4.69, 9.17) is 5.11 Å². The molecule has 1 N–H and O–H groups in total. The Balaban J connectivity index is 2.33. The number of carboxylic acids is 1. The van der Waals surface area contributed by atoms with Crippen LogP contribution in [0, 0.1) is 0 Å². The number of fused-ring (bicyclic) bond motifs is 1. The summed E-state index contributed by atoms with van der Waals surface area (Å²) >= 11 is 1.52. The van der Waals surface area contributed by atoms with Crippen LogP contribution in [0.2, 0.25) is 0 Å². The van der Waals surface area contributed by atoms with E-state index < -0.39 is 5.97 Å². The lowest BCUT2D eigenvalue weighted by atomic mass is 10.1. The number of carboxylic acid groups (broad SMARTS) is 1. The normalized spacial score (nSPS) is 10.7. The molecule has 1 aromatic carbocycles. The molecule has 0 spiro atoms. The number of thiophene rings is 1. The van der Waals surface area contributed by atoms with Crippen LogP contribution in [-0.2, 0) is 0 Å². The van der Waals surface area contributed by atoms with Crippen molar-refractivity contribution in [3.8, 4) is 11.3 Å². The van der Waals surface area contributed by atoms with Gasteiger partial charge in [-0.1, -0.05) is 30.3 Å². The lowest BCUT2D eigenvalue weighted by Crippen LogP contribution is -2.01. The van der Waals surface area contributed by atoms with E-state index in [-0.39, 0.29) is 5.69 Å². The summed E-state index contributed by atoms with van der Waals surface area (Å²) in [5, 5.41) is 12.0. The molecule has 0 unspecified atom stereocenters. The van der Waals surface area contributed by atoms with Crippen LogP contribution in [0.25, 0.3) is 21.3 Å². The number of benzene rings is 1. The number of aromatic nitrogens is 1. The van der Waals surface area contributed by atoms with Crippen LogP contribution in [0.15, 0.2) is 47.8 Å². The summed E-state index contributed by atoms with van der Waals surface area (Å²) in [4.78, 5) is 15.3. The minimum atomic E-state index is -0.998. The molecule has 0 saturated carbocycles. The van der Waals surface area contributed by atoms with Gasteiger partial charge in [0.05, 0.1) is 5.69 Å². The molecule has 3 aromatic rings. The molecule has 0 aliphatic heterocycles. The van der Waals surface area contributed by atoms with Gasteiger partial charge in [0.15, 0.2) is 0 Å². The van der Waals surface area contributed by atoms with Crippen LogP contribution in [0.1, 0.15) is 10.5 Å². The second-order valence-electron chi connectivity index (χ2n) is 3.86. The van der Waals surface area contributed by atoms with E-state index in [2.05, 4.69) is 4.98 Å². The first-order valence-electron chi connectivity index (χ1n) is 5.42. The topological polar surface area (TPSA) is 50.2 Å². The highest BCUT2D eigenvalue weighted by Gasteiger charge is 2.12. The van der Waals surface area contributed by atoms with Gasteiger partial charge in [-0.25, -0.2) is 9.78 Å². The molecular formula is C14H9NO2S. The third-order valence-electron chi connectivity index (χ3n) is 2.72. The Bertz CT molecular complexity index is 719. The number of carbonyl (C=O) groups is 1. The Morgan fingerprint density at radius 2 is 1.94 bits per heavy atom. The van der Waals surface area contributed by atoms with E-state index in [0.717, 1.165) is 21.3 Å². The van der Waals surface area contributed by atoms with Crippen molar-refractivity contribution in [2.75, 3.05) is 0 Å². The highest BCUT2D eigenvalue weighted by atomic mass is 32.1. The SMILES string of the molecule is O=C(O)c1cc2sccc2c(-c2ccccc2)n1. The van der Waals surface area contributed by atoms with Gasteiger partial charge in [-0.2, -0.15) is 0 Å². The Morgan fingerprint density at radius 3 is 2.67 bits per heavy atom. The first-order chi connectivity index (χ1) is 8.75. The molecule has 18 heavy (non-hydrogen) atoms. The lowest BCUT2D eigenvalue weighted by molar-refractivity contribution is 0.0691. The summed E-state index contributed by atoms with van der Waals surface area (Å²) in [6.07, 6.45) is 0. The standard InChI is InChI=1S/C14H9NO2S/c16-14(17)11-8-12-10(6-7-18-12)13(15-11)9-4-2-1-3-5-9/h1-8H,(H,16,17). The Hall–Kier alpha value is -2.20. The van der Waals surface area contributed by atoms with Gasteiger partial charge in [-0.3, -0.25) is 0 Å². The highest BCUT2D eigenvalue weighted by Crippen LogP contribution is 2.30. The summed E-state index contributed by atoms with van der Waals surface area (Å²) in [6.45, 7) is 0. The van der Waals surface area contributed by atoms with Crippen molar-refractivity contribution in [1.29, 1.82) is 0 Å². The van der Waals surface area contributed by atoms with Gasteiger partial charge in [0, 0.05) is 15.6 Å². The van der Waals surface area contributed by atoms with Crippen molar-refractivity contribution >= 4 is 27.4 Å². The van der Waals surface area contributed by atoms with Crippen molar-refractivity contribution in [2.45, 2.75) is 0 Å². The molecule has 0 atom stereocenters. The molecule has 3 nitrogen and oxygen atoms in total. The maximum atomic E-state index is 11.1. The Kier molecular flexibility index (Phi) is 2.57. The minimum absolute atomic E-state index is 0.0869. The van der Waals surface area contributed by atoms with Gasteiger partial charge >= 0.3 is 5.97 Å². The predicted molar refractivity (Wildman–Crippen MR) is 72.0 cm³/mol. The maximum Gasteiger partial charge on any atom is 0.354 e. The number of hydrogen-bond donors (Lipinski definition) is 1. The zero-order valence-electron chi connectivity index (χ0n) is 9.33. The second-order valence-corrected chi connectivity index (χ2v) is 4.81. The van der Waals surface area contributed by atoms with E-state index in [1.165, 1.54) is 11.3 Å². The molecule has 0 radical (unpaired) electrons. The molecule has 0 amide bonds. The molecule has 0 saturated heterocycles. The third-order valence-corrected chi connectivity index (χ3v) is 3.58. The number of pyridine rings is 1. The molecule has 0 aliphatic carbocycles. The van der Waals surface area contributed by atoms with E-state index in [1.807, 2.05) is 41.8 Å². The summed E-state index contributed by atoms with van der Waals surface area (Å²) in [5.41, 5.74) is 1.75. The van der Waals surface area contributed by atoms with Crippen molar-refractivity contribution in [3.05, 3.63) is 53.5 Å². The highest BCUT2D eigenvalue weighted by molar-refractivity contribution is 7.17. The molecule has 4 heteroatoms. The molecule has 2 heterocycles. The van der Waals surface area contributed by atoms with Gasteiger partial charge < -0.3 is 5.11 Å². The fraction of sp³-hybridized carbons (Fsp3) is 0. The van der Waals surface area contributed by atoms with Crippen LogP contribution in [-0.4, -0.2) is 16.1 Å². The second kappa shape index (κ2) is 4.23. The molecular weight excluding hydrogens is 246 g/mol. The first-order valence-corrected chi connectivity index (χ1v) is 6.30. The van der Waals surface area contributed by atoms with Gasteiger partial charge in [0.2, 0.25) is 0 Å². The lowest BCUT2D eigenvalue weighted by Gasteiger charge is -2.04. The van der Waals surface area contributed by atoms with E-state index in [9.17, 15) is 4.79 Å². The van der Waals surface area contributed by atoms with Crippen LogP contribution >= 0.6 is 11.3 Å². The summed E-state index contributed by atoms with van der Waals surface area (Å²) in [7, 11) is 0. The van der Waals surface area contributed by atoms with Crippen LogP contribution in [0.3, 0.4) is 0 Å². The quantitative estimate of drug-likeness (QED) is 0.760. The van der Waals surface area contributed by atoms with Crippen LogP contribution in [0.4, 0.5) is 0 Å². The molecule has 88 valence electrons. The van der Waals surface area contributed by atoms with Crippen molar-refractivity contribution in [1.82, 2.24) is 4.98 Å². The largest absolute Gasteiger partial charge is 0.477 e. The minimum Gasteiger partial charge on any atom is -0.477 e. The van der Waals surface area contributed by atoms with Gasteiger partial charge in [-0.05, 0) is 17.5 Å². The average molecular weight is 255 g/mol. The molecule has 3 rings (SSSR count). The number of aromatic carboxylic acids is 1. The molecule has 0 fully saturated rings. The Morgan fingerprint density at radius 1 is 1.17 bits per heavy atom. The smallest absolute Gasteiger partial charge is 0.354 e. The molecule has 2 aromatic heterocycles. The van der Waals surface area contributed by atoms with Crippen molar-refractivity contribution in [2.24, 2.45) is 0 Å². The number of nitrogens with zero attached hydrogens (tertiary/aromatic N) is 1. The summed E-state index contributed by atoms with van der Waals surface area (Å²) in [6, 6.07) is 13.2. The first kappa shape index (κ1) is 10.9. The van der Waals surface area contributed by atoms with Crippen LogP contribution in [0.5, 0.6) is 0 Å². The predicted octanol–water partition coefficient (Wildman–Crippen LogP) is 3.66. The molecule has 0 bridgehead atoms. The van der Waals surface area contributed by atoms with E-state index >= 15 is 0 Å². The van der Waals surface area contributed by atoms with Gasteiger partial charge in [0.1, 0.15) is 5.69 Å². The fourth-order valence-electron chi connectivity index (χ4n) is 1.89. The fourth-order valence-corrected chi connectivity index (χ4v) is 2.71. The third kappa shape index (κ3) is 1.76. The Labute approximate surface area is 107 Å². The van der Waals surface area contributed by atoms with E-state index in [0.29, 0.717) is 0 Å². The monoisotopic (exact) mass is 255 g/mol. The maximum absolute atomic E-state index is 11.1. The van der Waals surface area contributed by atoms with Crippen molar-refractivity contribution < 1.29 is 9.90 Å². The number of hydrogen-bond acceptors (Lipinski definition) is 3. The summed E-state index contributed by atoms with van der Waals surface area (Å²) in [5.74, 6) is -0.998. The zero-order valence-corrected chi connectivity index (χ0v) is 10.1. The zero-order chi connectivity index (χ0) is 12.5. The van der Waals surface area contributed by atoms with E-state index in [1.54, 1.807) is 6.07 Å². The average Bonchev–Trinajstić information content (AvgIpc) is 2.86. The van der Waals surface area contributed by atoms with Gasteiger partial charge in [-0.15, -0.1) is 11.3 Å². The van der Waals surface area contributed by atoms with Crippen molar-refractivity contribution in [3.63, 3.8) is 0 Å². The molecule has 0 aliphatic rings. The van der Waals surface area contributed by atoms with Crippen LogP contribution < -0.4 is 0 Å². The summed E-state index contributed by atoms with van der Waals surface area (Å²) < 4.78 is 0.946. The number of rotatable bonds is 2. The van der Waals surface area contributed by atoms with Gasteiger partial charge in [0.25, 0.3) is 0 Å².